The molecule has 0 bridgehead atoms. The highest BCUT2D eigenvalue weighted by Gasteiger charge is 2.44. The van der Waals surface area contributed by atoms with Crippen molar-refractivity contribution in [1.29, 1.82) is 0 Å². The minimum Gasteiger partial charge on any atom is -0.312 e. The van der Waals surface area contributed by atoms with Gasteiger partial charge in [-0.3, -0.25) is 0 Å². The molecule has 3 heteroatoms. The molecule has 2 nitrogen and oxygen atoms in total. The van der Waals surface area contributed by atoms with E-state index in [1.807, 2.05) is 11.8 Å². The van der Waals surface area contributed by atoms with Gasteiger partial charge in [0.2, 0.25) is 0 Å². The van der Waals surface area contributed by atoms with Crippen LogP contribution in [0, 0.1) is 0 Å². The van der Waals surface area contributed by atoms with Gasteiger partial charge in [-0.1, -0.05) is 41.0 Å². The van der Waals surface area contributed by atoms with Gasteiger partial charge in [-0.15, -0.1) is 0 Å². The Morgan fingerprint density at radius 1 is 0.929 bits per heavy atom. The number of allylic oxidation sites excluding steroid dienone is 6. The smallest absolute Gasteiger partial charge is 0.0631 e. The van der Waals surface area contributed by atoms with Gasteiger partial charge in [0, 0.05) is 5.75 Å². The number of hydrogen-bond donors (Lipinski definition) is 1. The highest BCUT2D eigenvalue weighted by Crippen LogP contribution is 2.39. The average molecular weight is 406 g/mol. The van der Waals surface area contributed by atoms with Gasteiger partial charge in [-0.2, -0.15) is 16.8 Å². The van der Waals surface area contributed by atoms with Crippen LogP contribution in [0.2, 0.25) is 0 Å². The second kappa shape index (κ2) is 11.4. The van der Waals surface area contributed by atoms with Crippen LogP contribution in [-0.2, 0) is 0 Å². The molecule has 0 atom stereocenters. The molecule has 0 radical (unpaired) electrons. The Hall–Kier alpha value is -0.770. The second-order valence-corrected chi connectivity index (χ2v) is 10.6. The lowest BCUT2D eigenvalue weighted by molar-refractivity contribution is -0.185. The summed E-state index contributed by atoms with van der Waals surface area (Å²) in [6.07, 6.45) is 15.1. The summed E-state index contributed by atoms with van der Waals surface area (Å²) in [5, 5.41) is 11.9. The third kappa shape index (κ3) is 8.31. The van der Waals surface area contributed by atoms with Gasteiger partial charge in [0.25, 0.3) is 0 Å². The molecule has 0 saturated heterocycles. The van der Waals surface area contributed by atoms with Crippen LogP contribution in [0.5, 0.6) is 0 Å². The molecule has 0 saturated carbocycles. The summed E-state index contributed by atoms with van der Waals surface area (Å²) in [6.45, 7) is 17.2. The zero-order valence-corrected chi connectivity index (χ0v) is 20.4. The van der Waals surface area contributed by atoms with Crippen molar-refractivity contribution in [3.05, 3.63) is 46.6 Å². The van der Waals surface area contributed by atoms with Crippen molar-refractivity contribution in [3.8, 4) is 0 Å². The van der Waals surface area contributed by atoms with E-state index in [0.29, 0.717) is 0 Å². The normalized spacial score (nSPS) is 19.7. The summed E-state index contributed by atoms with van der Waals surface area (Å²) in [4.78, 5) is 0. The van der Waals surface area contributed by atoms with Crippen molar-refractivity contribution in [2.24, 2.45) is 0 Å². The van der Waals surface area contributed by atoms with Gasteiger partial charge >= 0.3 is 0 Å². The monoisotopic (exact) mass is 405 g/mol. The largest absolute Gasteiger partial charge is 0.312 e. The lowest BCUT2D eigenvalue weighted by atomic mass is 9.98. The lowest BCUT2D eigenvalue weighted by Crippen LogP contribution is -2.48. The predicted octanol–water partition coefficient (Wildman–Crippen LogP) is 7.72. The van der Waals surface area contributed by atoms with Gasteiger partial charge < -0.3 is 5.21 Å². The molecule has 0 unspecified atom stereocenters. The van der Waals surface area contributed by atoms with Gasteiger partial charge in [-0.25, -0.2) is 0 Å². The lowest BCUT2D eigenvalue weighted by Gasteiger charge is -2.36. The first-order valence-electron chi connectivity index (χ1n) is 10.7. The van der Waals surface area contributed by atoms with Crippen LogP contribution in [-0.4, -0.2) is 32.9 Å². The van der Waals surface area contributed by atoms with E-state index in [-0.39, 0.29) is 11.1 Å². The molecule has 0 amide bonds. The van der Waals surface area contributed by atoms with E-state index in [1.165, 1.54) is 33.8 Å². The molecule has 1 rings (SSSR count). The Morgan fingerprint density at radius 3 is 1.96 bits per heavy atom. The second-order valence-electron chi connectivity index (χ2n) is 9.50. The predicted molar refractivity (Wildman–Crippen MR) is 127 cm³/mol. The van der Waals surface area contributed by atoms with Crippen molar-refractivity contribution in [3.63, 3.8) is 0 Å². The maximum absolute atomic E-state index is 10.4. The topological polar surface area (TPSA) is 23.5 Å². The molecule has 1 aliphatic rings. The van der Waals surface area contributed by atoms with Crippen molar-refractivity contribution in [2.75, 3.05) is 11.5 Å². The maximum atomic E-state index is 10.4. The Kier molecular flexibility index (Phi) is 10.3. The summed E-state index contributed by atoms with van der Waals surface area (Å²) < 4.78 is 0. The maximum Gasteiger partial charge on any atom is 0.0631 e. The highest BCUT2D eigenvalue weighted by atomic mass is 32.2. The highest BCUT2D eigenvalue weighted by molar-refractivity contribution is 7.99. The molecule has 1 heterocycles. The van der Waals surface area contributed by atoms with Gasteiger partial charge in [0.15, 0.2) is 0 Å². The molecule has 1 N–H and O–H groups in total. The van der Waals surface area contributed by atoms with Crippen molar-refractivity contribution in [2.45, 2.75) is 98.6 Å². The minimum absolute atomic E-state index is 0.266. The van der Waals surface area contributed by atoms with Crippen LogP contribution in [0.1, 0.15) is 87.5 Å². The Balaban J connectivity index is 2.28. The van der Waals surface area contributed by atoms with E-state index in [2.05, 4.69) is 79.7 Å². The fourth-order valence-corrected chi connectivity index (χ4v) is 4.73. The van der Waals surface area contributed by atoms with Gasteiger partial charge in [0.1, 0.15) is 0 Å². The van der Waals surface area contributed by atoms with Crippen LogP contribution in [0.25, 0.3) is 0 Å². The minimum atomic E-state index is -0.271. The van der Waals surface area contributed by atoms with Gasteiger partial charge in [-0.05, 0) is 98.8 Å². The number of hydrogen-bond acceptors (Lipinski definition) is 3. The van der Waals surface area contributed by atoms with E-state index >= 15 is 0 Å². The summed E-state index contributed by atoms with van der Waals surface area (Å²) >= 11 is 1.97. The molecule has 0 aliphatic carbocycles. The molecule has 160 valence electrons. The summed E-state index contributed by atoms with van der Waals surface area (Å²) in [5.74, 6) is 2.13. The van der Waals surface area contributed by atoms with Crippen molar-refractivity contribution >= 4 is 11.8 Å². The summed E-state index contributed by atoms with van der Waals surface area (Å²) in [6, 6.07) is 0. The molecule has 0 fully saturated rings. The number of rotatable bonds is 11. The van der Waals surface area contributed by atoms with E-state index < -0.39 is 0 Å². The molecular weight excluding hydrogens is 362 g/mol. The number of hydroxylamine groups is 2. The standard InChI is InChI=1S/C25H43NOS/c1-20(2)12-9-13-21(3)14-10-15-22(4)16-11-17-28-19-23-18-24(5,6)26(27)25(23,7)8/h12,14,16,18,27H,9-11,13,15,17,19H2,1-8H3/b21-14+,22-16+. The number of nitrogens with zero attached hydrogens (tertiary/aromatic N) is 1. The fraction of sp³-hybridized carbons (Fsp3) is 0.680. The van der Waals surface area contributed by atoms with E-state index in [1.54, 1.807) is 0 Å². The third-order valence-corrected chi connectivity index (χ3v) is 6.56. The number of thioether (sulfide) groups is 1. The summed E-state index contributed by atoms with van der Waals surface area (Å²) in [7, 11) is 0. The molecule has 0 spiro atoms. The van der Waals surface area contributed by atoms with Crippen LogP contribution < -0.4 is 0 Å². The fourth-order valence-electron chi connectivity index (χ4n) is 3.65. The zero-order chi connectivity index (χ0) is 21.4. The first-order chi connectivity index (χ1) is 13.0. The van der Waals surface area contributed by atoms with Crippen LogP contribution >= 0.6 is 11.8 Å². The molecule has 1 aliphatic heterocycles. The zero-order valence-electron chi connectivity index (χ0n) is 19.6. The van der Waals surface area contributed by atoms with Gasteiger partial charge in [0.05, 0.1) is 11.1 Å². The Labute approximate surface area is 178 Å². The Morgan fingerprint density at radius 2 is 1.46 bits per heavy atom. The summed E-state index contributed by atoms with van der Waals surface area (Å²) in [5.41, 5.74) is 5.21. The SMILES string of the molecule is CC(C)=CCC/C(C)=C/CC/C(C)=C/CCSCC1=CC(C)(C)N(O)C1(C)C. The molecule has 28 heavy (non-hydrogen) atoms. The van der Waals surface area contributed by atoms with Crippen molar-refractivity contribution < 1.29 is 5.21 Å². The molecule has 0 aromatic heterocycles. The molecule has 0 aromatic carbocycles. The van der Waals surface area contributed by atoms with Crippen LogP contribution in [0.4, 0.5) is 0 Å². The average Bonchev–Trinajstić information content (AvgIpc) is 2.73. The Bertz CT molecular complexity index is 618. The van der Waals surface area contributed by atoms with E-state index in [0.717, 1.165) is 37.2 Å². The third-order valence-electron chi connectivity index (χ3n) is 5.52. The van der Waals surface area contributed by atoms with E-state index in [9.17, 15) is 5.21 Å². The van der Waals surface area contributed by atoms with Crippen LogP contribution in [0.3, 0.4) is 0 Å². The first-order valence-corrected chi connectivity index (χ1v) is 11.9. The molecular formula is C25H43NOS. The van der Waals surface area contributed by atoms with Crippen molar-refractivity contribution in [1.82, 2.24) is 5.06 Å². The quantitative estimate of drug-likeness (QED) is 0.281. The molecule has 0 aromatic rings. The first kappa shape index (κ1) is 25.3. The van der Waals surface area contributed by atoms with Crippen LogP contribution in [0.15, 0.2) is 46.6 Å². The van der Waals surface area contributed by atoms with E-state index in [4.69, 9.17) is 0 Å².